The monoisotopic (exact) mass is 418 g/mol. The van der Waals surface area contributed by atoms with Gasteiger partial charge in [-0.2, -0.15) is 0 Å². The number of carbonyl (C=O) groups excluding carboxylic acids is 2. The summed E-state index contributed by atoms with van der Waals surface area (Å²) in [5.41, 5.74) is 0.468. The highest BCUT2D eigenvalue weighted by Crippen LogP contribution is 2.18. The predicted molar refractivity (Wildman–Crippen MR) is 111 cm³/mol. The maximum absolute atomic E-state index is 13.2. The molecule has 1 aliphatic heterocycles. The fraction of sp³-hybridized carbons (Fsp3) is 0.455. The number of ether oxygens (including phenoxy) is 1. The van der Waals surface area contributed by atoms with Crippen LogP contribution in [0.3, 0.4) is 0 Å². The minimum absolute atomic E-state index is 0.0174. The van der Waals surface area contributed by atoms with Gasteiger partial charge in [-0.1, -0.05) is 17.7 Å². The van der Waals surface area contributed by atoms with Gasteiger partial charge >= 0.3 is 0 Å². The quantitative estimate of drug-likeness (QED) is 0.650. The SMILES string of the molecule is CC(C)N(CC(=O)N(Cc1ccco1)CC1CCCO1)C(=O)c1cccc(Cl)c1. The Hall–Kier alpha value is -2.31. The van der Waals surface area contributed by atoms with Gasteiger partial charge in [0.15, 0.2) is 0 Å². The van der Waals surface area contributed by atoms with Crippen LogP contribution in [0, 0.1) is 0 Å². The van der Waals surface area contributed by atoms with E-state index in [0.29, 0.717) is 29.4 Å². The zero-order valence-electron chi connectivity index (χ0n) is 16.8. The molecule has 6 nitrogen and oxygen atoms in total. The van der Waals surface area contributed by atoms with E-state index in [4.69, 9.17) is 20.8 Å². The Morgan fingerprint density at radius 1 is 1.24 bits per heavy atom. The van der Waals surface area contributed by atoms with Crippen molar-refractivity contribution >= 4 is 23.4 Å². The van der Waals surface area contributed by atoms with Gasteiger partial charge in [-0.15, -0.1) is 0 Å². The largest absolute Gasteiger partial charge is 0.467 e. The van der Waals surface area contributed by atoms with Crippen LogP contribution in [-0.2, 0) is 16.1 Å². The summed E-state index contributed by atoms with van der Waals surface area (Å²) in [6.45, 7) is 5.33. The number of carbonyl (C=O) groups is 2. The summed E-state index contributed by atoms with van der Waals surface area (Å²) in [7, 11) is 0. The third kappa shape index (κ3) is 5.84. The van der Waals surface area contributed by atoms with Crippen LogP contribution in [0.1, 0.15) is 42.8 Å². The highest BCUT2D eigenvalue weighted by atomic mass is 35.5. The van der Waals surface area contributed by atoms with Crippen LogP contribution < -0.4 is 0 Å². The topological polar surface area (TPSA) is 63.0 Å². The Labute approximate surface area is 176 Å². The van der Waals surface area contributed by atoms with Crippen molar-refractivity contribution in [3.05, 3.63) is 59.0 Å². The molecular formula is C22H27ClN2O4. The summed E-state index contributed by atoms with van der Waals surface area (Å²) < 4.78 is 11.1. The van der Waals surface area contributed by atoms with E-state index in [1.807, 2.05) is 19.9 Å². The second-order valence-electron chi connectivity index (χ2n) is 7.53. The molecule has 0 N–H and O–H groups in total. The zero-order valence-corrected chi connectivity index (χ0v) is 17.6. The number of halogens is 1. The first kappa shape index (κ1) is 21.4. The molecule has 1 aromatic heterocycles. The fourth-order valence-electron chi connectivity index (χ4n) is 3.40. The van der Waals surface area contributed by atoms with E-state index >= 15 is 0 Å². The lowest BCUT2D eigenvalue weighted by Crippen LogP contribution is -2.47. The van der Waals surface area contributed by atoms with E-state index in [9.17, 15) is 9.59 Å². The molecule has 1 aromatic carbocycles. The van der Waals surface area contributed by atoms with Gasteiger partial charge in [-0.05, 0) is 57.0 Å². The summed E-state index contributed by atoms with van der Waals surface area (Å²) >= 11 is 6.03. The molecule has 29 heavy (non-hydrogen) atoms. The van der Waals surface area contributed by atoms with Crippen molar-refractivity contribution in [3.63, 3.8) is 0 Å². The highest BCUT2D eigenvalue weighted by Gasteiger charge is 2.28. The number of benzene rings is 1. The van der Waals surface area contributed by atoms with Crippen molar-refractivity contribution in [2.24, 2.45) is 0 Å². The van der Waals surface area contributed by atoms with Crippen molar-refractivity contribution in [1.82, 2.24) is 9.80 Å². The van der Waals surface area contributed by atoms with Crippen LogP contribution >= 0.6 is 11.6 Å². The Morgan fingerprint density at radius 2 is 2.07 bits per heavy atom. The Bertz CT molecular complexity index is 816. The molecule has 1 saturated heterocycles. The molecule has 1 fully saturated rings. The maximum atomic E-state index is 13.2. The molecular weight excluding hydrogens is 392 g/mol. The van der Waals surface area contributed by atoms with Crippen molar-refractivity contribution in [3.8, 4) is 0 Å². The van der Waals surface area contributed by atoms with E-state index in [0.717, 1.165) is 19.4 Å². The van der Waals surface area contributed by atoms with Gasteiger partial charge < -0.3 is 19.0 Å². The third-order valence-electron chi connectivity index (χ3n) is 4.99. The summed E-state index contributed by atoms with van der Waals surface area (Å²) in [6.07, 6.45) is 3.54. The molecule has 0 spiro atoms. The van der Waals surface area contributed by atoms with Crippen LogP contribution in [0.5, 0.6) is 0 Å². The summed E-state index contributed by atoms with van der Waals surface area (Å²) in [4.78, 5) is 29.5. The molecule has 1 atom stereocenters. The first-order valence-electron chi connectivity index (χ1n) is 9.92. The van der Waals surface area contributed by atoms with Gasteiger partial charge in [-0.3, -0.25) is 9.59 Å². The molecule has 156 valence electrons. The Kier molecular flexibility index (Phi) is 7.34. The summed E-state index contributed by atoms with van der Waals surface area (Å²) in [5, 5.41) is 0.490. The van der Waals surface area contributed by atoms with E-state index in [1.165, 1.54) is 0 Å². The first-order valence-corrected chi connectivity index (χ1v) is 10.3. The van der Waals surface area contributed by atoms with Crippen molar-refractivity contribution in [2.45, 2.75) is 45.4 Å². The van der Waals surface area contributed by atoms with Gasteiger partial charge in [0, 0.05) is 29.8 Å². The predicted octanol–water partition coefficient (Wildman–Crippen LogP) is 3.99. The smallest absolute Gasteiger partial charge is 0.254 e. The summed E-state index contributed by atoms with van der Waals surface area (Å²) in [6, 6.07) is 10.3. The lowest BCUT2D eigenvalue weighted by Gasteiger charge is -2.31. The Balaban J connectivity index is 1.74. The van der Waals surface area contributed by atoms with Crippen molar-refractivity contribution in [1.29, 1.82) is 0 Å². The van der Waals surface area contributed by atoms with Gasteiger partial charge in [0.1, 0.15) is 12.3 Å². The van der Waals surface area contributed by atoms with Gasteiger partial charge in [0.05, 0.1) is 18.9 Å². The minimum Gasteiger partial charge on any atom is -0.467 e. The van der Waals surface area contributed by atoms with Crippen LogP contribution in [0.2, 0.25) is 5.02 Å². The highest BCUT2D eigenvalue weighted by molar-refractivity contribution is 6.31. The van der Waals surface area contributed by atoms with Gasteiger partial charge in [-0.25, -0.2) is 0 Å². The molecule has 0 radical (unpaired) electrons. The number of furan rings is 1. The second-order valence-corrected chi connectivity index (χ2v) is 7.96. The standard InChI is InChI=1S/C22H27ClN2O4/c1-16(2)25(22(27)17-6-3-7-18(23)12-17)15-21(26)24(13-19-8-4-10-28-19)14-20-9-5-11-29-20/h3-4,6-8,10,12,16,20H,5,9,11,13-15H2,1-2H3. The average Bonchev–Trinajstić information content (AvgIpc) is 3.39. The average molecular weight is 419 g/mol. The molecule has 0 saturated carbocycles. The van der Waals surface area contributed by atoms with E-state index in [1.54, 1.807) is 46.4 Å². The zero-order chi connectivity index (χ0) is 20.8. The maximum Gasteiger partial charge on any atom is 0.254 e. The molecule has 1 aliphatic rings. The number of nitrogens with zero attached hydrogens (tertiary/aromatic N) is 2. The number of hydrogen-bond donors (Lipinski definition) is 0. The van der Waals surface area contributed by atoms with Crippen LogP contribution in [0.25, 0.3) is 0 Å². The van der Waals surface area contributed by atoms with E-state index < -0.39 is 0 Å². The van der Waals surface area contributed by atoms with Crippen molar-refractivity contribution in [2.75, 3.05) is 19.7 Å². The lowest BCUT2D eigenvalue weighted by atomic mass is 10.1. The number of rotatable bonds is 8. The van der Waals surface area contributed by atoms with Crippen LogP contribution in [0.4, 0.5) is 0 Å². The normalized spacial score (nSPS) is 16.2. The van der Waals surface area contributed by atoms with E-state index in [2.05, 4.69) is 0 Å². The Morgan fingerprint density at radius 3 is 2.69 bits per heavy atom. The molecule has 2 aromatic rings. The molecule has 3 rings (SSSR count). The lowest BCUT2D eigenvalue weighted by molar-refractivity contribution is -0.134. The third-order valence-corrected chi connectivity index (χ3v) is 5.22. The summed E-state index contributed by atoms with van der Waals surface area (Å²) in [5.74, 6) is 0.348. The molecule has 0 bridgehead atoms. The van der Waals surface area contributed by atoms with Crippen molar-refractivity contribution < 1.29 is 18.7 Å². The fourth-order valence-corrected chi connectivity index (χ4v) is 3.59. The minimum atomic E-state index is -0.217. The first-order chi connectivity index (χ1) is 13.9. The molecule has 2 heterocycles. The number of hydrogen-bond acceptors (Lipinski definition) is 4. The van der Waals surface area contributed by atoms with Gasteiger partial charge in [0.25, 0.3) is 5.91 Å². The molecule has 0 aliphatic carbocycles. The number of amides is 2. The van der Waals surface area contributed by atoms with Crippen LogP contribution in [0.15, 0.2) is 47.1 Å². The second kappa shape index (κ2) is 9.94. The molecule has 7 heteroatoms. The molecule has 1 unspecified atom stereocenters. The van der Waals surface area contributed by atoms with Crippen LogP contribution in [-0.4, -0.2) is 53.5 Å². The van der Waals surface area contributed by atoms with E-state index in [-0.39, 0.29) is 30.5 Å². The van der Waals surface area contributed by atoms with Gasteiger partial charge in [0.2, 0.25) is 5.91 Å². The molecule has 2 amide bonds.